The van der Waals surface area contributed by atoms with Crippen molar-refractivity contribution >= 4 is 49.5 Å². The lowest BCUT2D eigenvalue weighted by atomic mass is 10.1. The van der Waals surface area contributed by atoms with Crippen molar-refractivity contribution in [2.75, 3.05) is 5.32 Å². The summed E-state index contributed by atoms with van der Waals surface area (Å²) in [5.41, 5.74) is 3.16. The Morgan fingerprint density at radius 3 is 2.67 bits per heavy atom. The van der Waals surface area contributed by atoms with Crippen molar-refractivity contribution in [3.8, 4) is 11.3 Å². The zero-order chi connectivity index (χ0) is 15.0. The Morgan fingerprint density at radius 1 is 1.14 bits per heavy atom. The second kappa shape index (κ2) is 5.47. The van der Waals surface area contributed by atoms with E-state index in [9.17, 15) is 0 Å². The van der Waals surface area contributed by atoms with E-state index in [1.807, 2.05) is 35.0 Å². The molecule has 0 spiro atoms. The van der Waals surface area contributed by atoms with Gasteiger partial charge in [0.15, 0.2) is 3.54 Å². The van der Waals surface area contributed by atoms with E-state index in [1.165, 1.54) is 5.56 Å². The standard InChI is InChI=1S/C14H14N4S3/c1-9-3-2-4-10(7-9)11-8-18-6-5-12(16-13(18)15-11)17-14(19,20)21/h2-8,19-21H,1H3,(H,15,16,17). The van der Waals surface area contributed by atoms with Gasteiger partial charge in [-0.2, -0.15) is 4.98 Å². The van der Waals surface area contributed by atoms with Gasteiger partial charge in [-0.25, -0.2) is 4.98 Å². The summed E-state index contributed by atoms with van der Waals surface area (Å²) in [4.78, 5) is 8.98. The predicted octanol–water partition coefficient (Wildman–Crippen LogP) is 3.52. The van der Waals surface area contributed by atoms with Gasteiger partial charge in [0.25, 0.3) is 0 Å². The van der Waals surface area contributed by atoms with Gasteiger partial charge in [0.05, 0.1) is 5.69 Å². The highest BCUT2D eigenvalue weighted by molar-refractivity contribution is 8.17. The number of anilines is 1. The number of thiol groups is 3. The summed E-state index contributed by atoms with van der Waals surface area (Å²) in [7, 11) is 0. The van der Waals surface area contributed by atoms with Gasteiger partial charge >= 0.3 is 0 Å². The van der Waals surface area contributed by atoms with Crippen molar-refractivity contribution in [2.45, 2.75) is 10.5 Å². The average molecular weight is 334 g/mol. The molecule has 4 nitrogen and oxygen atoms in total. The van der Waals surface area contributed by atoms with Gasteiger partial charge in [-0.05, 0) is 19.1 Å². The maximum atomic E-state index is 4.55. The van der Waals surface area contributed by atoms with Crippen LogP contribution in [0.1, 0.15) is 5.56 Å². The minimum atomic E-state index is -0.933. The number of fused-ring (bicyclic) bond motifs is 1. The number of aromatic nitrogens is 3. The molecule has 3 aromatic rings. The lowest BCUT2D eigenvalue weighted by molar-refractivity contribution is 1.10. The fourth-order valence-corrected chi connectivity index (χ4v) is 2.40. The van der Waals surface area contributed by atoms with Gasteiger partial charge in [0.2, 0.25) is 5.78 Å². The summed E-state index contributed by atoms with van der Waals surface area (Å²) in [6.45, 7) is 2.06. The van der Waals surface area contributed by atoms with Crippen molar-refractivity contribution in [1.82, 2.24) is 14.4 Å². The lowest BCUT2D eigenvalue weighted by Gasteiger charge is -2.17. The molecule has 0 atom stereocenters. The zero-order valence-corrected chi connectivity index (χ0v) is 13.9. The number of benzene rings is 1. The normalized spacial score (nSPS) is 11.8. The fourth-order valence-electron chi connectivity index (χ4n) is 2.06. The Morgan fingerprint density at radius 2 is 1.95 bits per heavy atom. The Hall–Kier alpha value is -1.31. The Kier molecular flexibility index (Phi) is 3.81. The van der Waals surface area contributed by atoms with Crippen LogP contribution < -0.4 is 5.32 Å². The highest BCUT2D eigenvalue weighted by Crippen LogP contribution is 2.26. The molecule has 0 amide bonds. The zero-order valence-electron chi connectivity index (χ0n) is 11.2. The number of imidazole rings is 1. The molecular weight excluding hydrogens is 320 g/mol. The molecule has 7 heteroatoms. The minimum Gasteiger partial charge on any atom is -0.339 e. The maximum Gasteiger partial charge on any atom is 0.236 e. The topological polar surface area (TPSA) is 42.2 Å². The van der Waals surface area contributed by atoms with E-state index in [1.54, 1.807) is 0 Å². The largest absolute Gasteiger partial charge is 0.339 e. The molecule has 0 saturated carbocycles. The van der Waals surface area contributed by atoms with E-state index in [0.717, 1.165) is 11.3 Å². The first kappa shape index (κ1) is 14.6. The number of aryl methyl sites for hydroxylation is 1. The van der Waals surface area contributed by atoms with Crippen LogP contribution in [0.2, 0.25) is 0 Å². The third-order valence-corrected chi connectivity index (χ3v) is 3.27. The quantitative estimate of drug-likeness (QED) is 0.438. The van der Waals surface area contributed by atoms with Crippen LogP contribution in [0.15, 0.2) is 42.7 Å². The van der Waals surface area contributed by atoms with Gasteiger partial charge in [-0.15, -0.1) is 37.9 Å². The number of hydrogen-bond donors (Lipinski definition) is 4. The van der Waals surface area contributed by atoms with E-state index < -0.39 is 3.54 Å². The molecule has 0 fully saturated rings. The van der Waals surface area contributed by atoms with E-state index in [4.69, 9.17) is 0 Å². The van der Waals surface area contributed by atoms with E-state index in [-0.39, 0.29) is 0 Å². The molecule has 0 aliphatic heterocycles. The number of hydrogen-bond acceptors (Lipinski definition) is 6. The average Bonchev–Trinajstić information content (AvgIpc) is 2.80. The summed E-state index contributed by atoms with van der Waals surface area (Å²) in [5, 5.41) is 2.96. The number of nitrogens with one attached hydrogen (secondary N) is 1. The van der Waals surface area contributed by atoms with E-state index >= 15 is 0 Å². The molecule has 1 N–H and O–H groups in total. The lowest BCUT2D eigenvalue weighted by Crippen LogP contribution is -2.18. The van der Waals surface area contributed by atoms with Gasteiger partial charge in [-0.3, -0.25) is 4.40 Å². The molecule has 0 radical (unpaired) electrons. The van der Waals surface area contributed by atoms with Crippen molar-refractivity contribution in [3.63, 3.8) is 0 Å². The predicted molar refractivity (Wildman–Crippen MR) is 96.5 cm³/mol. The monoisotopic (exact) mass is 334 g/mol. The van der Waals surface area contributed by atoms with Crippen LogP contribution in [-0.4, -0.2) is 17.9 Å². The molecule has 2 heterocycles. The SMILES string of the molecule is Cc1cccc(-c2cn3ccc(NC(S)(S)S)nc3n2)c1. The molecule has 3 rings (SSSR count). The third kappa shape index (κ3) is 3.48. The molecular formula is C14H14N4S3. The van der Waals surface area contributed by atoms with Gasteiger partial charge < -0.3 is 5.32 Å². The van der Waals surface area contributed by atoms with Crippen molar-refractivity contribution in [1.29, 1.82) is 0 Å². The van der Waals surface area contributed by atoms with Crippen molar-refractivity contribution in [3.05, 3.63) is 48.3 Å². The summed E-state index contributed by atoms with van der Waals surface area (Å²) in [6.07, 6.45) is 3.84. The molecule has 0 saturated heterocycles. The summed E-state index contributed by atoms with van der Waals surface area (Å²) < 4.78 is 0.942. The second-order valence-electron chi connectivity index (χ2n) is 4.78. The Bertz CT molecular complexity index is 792. The molecule has 2 aromatic heterocycles. The minimum absolute atomic E-state index is 0.607. The van der Waals surface area contributed by atoms with Crippen LogP contribution in [0.25, 0.3) is 17.0 Å². The molecule has 0 aliphatic carbocycles. The van der Waals surface area contributed by atoms with Crippen LogP contribution in [0.5, 0.6) is 0 Å². The van der Waals surface area contributed by atoms with Crippen LogP contribution >= 0.6 is 37.9 Å². The van der Waals surface area contributed by atoms with Gasteiger partial charge in [0.1, 0.15) is 5.82 Å². The summed E-state index contributed by atoms with van der Waals surface area (Å²) >= 11 is 12.6. The van der Waals surface area contributed by atoms with Crippen LogP contribution in [0.3, 0.4) is 0 Å². The molecule has 0 aliphatic rings. The highest BCUT2D eigenvalue weighted by Gasteiger charge is 2.14. The molecule has 0 unspecified atom stereocenters. The number of rotatable bonds is 3. The molecule has 0 bridgehead atoms. The van der Waals surface area contributed by atoms with Gasteiger partial charge in [0, 0.05) is 18.0 Å². The summed E-state index contributed by atoms with van der Waals surface area (Å²) in [5.74, 6) is 1.22. The first-order valence-electron chi connectivity index (χ1n) is 6.29. The first-order valence-corrected chi connectivity index (χ1v) is 7.63. The second-order valence-corrected chi connectivity index (χ2v) is 7.85. The first-order chi connectivity index (χ1) is 9.90. The van der Waals surface area contributed by atoms with E-state index in [2.05, 4.69) is 72.2 Å². The van der Waals surface area contributed by atoms with Gasteiger partial charge in [-0.1, -0.05) is 23.8 Å². The van der Waals surface area contributed by atoms with Crippen molar-refractivity contribution in [2.24, 2.45) is 0 Å². The third-order valence-electron chi connectivity index (χ3n) is 2.94. The van der Waals surface area contributed by atoms with E-state index in [0.29, 0.717) is 11.6 Å². The van der Waals surface area contributed by atoms with Crippen molar-refractivity contribution < 1.29 is 0 Å². The van der Waals surface area contributed by atoms with Crippen LogP contribution in [0.4, 0.5) is 5.82 Å². The smallest absolute Gasteiger partial charge is 0.236 e. The van der Waals surface area contributed by atoms with Crippen LogP contribution in [0, 0.1) is 6.92 Å². The number of nitrogens with zero attached hydrogens (tertiary/aromatic N) is 3. The Labute approximate surface area is 139 Å². The van der Waals surface area contributed by atoms with Crippen LogP contribution in [-0.2, 0) is 0 Å². The maximum absolute atomic E-state index is 4.55. The Balaban J connectivity index is 2.00. The molecule has 1 aromatic carbocycles. The molecule has 21 heavy (non-hydrogen) atoms. The summed E-state index contributed by atoms with van der Waals surface area (Å²) in [6, 6.07) is 10.0. The molecule has 108 valence electrons. The fraction of sp³-hybridized carbons (Fsp3) is 0.143. The highest BCUT2D eigenvalue weighted by atomic mass is 32.2.